The van der Waals surface area contributed by atoms with Gasteiger partial charge in [-0.3, -0.25) is 0 Å². The highest BCUT2D eigenvalue weighted by Gasteiger charge is 2.03. The normalized spacial score (nSPS) is 11.0. The van der Waals surface area contributed by atoms with E-state index in [2.05, 4.69) is 32.3 Å². The molecule has 6 heteroatoms. The lowest BCUT2D eigenvalue weighted by atomic mass is 10.3. The van der Waals surface area contributed by atoms with Crippen molar-refractivity contribution < 1.29 is 9.47 Å². The van der Waals surface area contributed by atoms with Gasteiger partial charge in [0.05, 0.1) is 30.0 Å². The third-order valence-corrected chi connectivity index (χ3v) is 3.77. The van der Waals surface area contributed by atoms with E-state index < -0.39 is 0 Å². The lowest BCUT2D eigenvalue weighted by Gasteiger charge is -2.03. The lowest BCUT2D eigenvalue weighted by molar-refractivity contribution is 0.0759. The maximum atomic E-state index is 5.37. The quantitative estimate of drug-likeness (QED) is 0.792. The first kappa shape index (κ1) is 13.7. The smallest absolute Gasteiger partial charge is 0.183 e. The van der Waals surface area contributed by atoms with Gasteiger partial charge in [-0.25, -0.2) is 4.98 Å². The molecule has 1 aromatic heterocycles. The van der Waals surface area contributed by atoms with Crippen LogP contribution < -0.4 is 5.32 Å². The van der Waals surface area contributed by atoms with E-state index in [4.69, 9.17) is 9.47 Å². The fourth-order valence-corrected chi connectivity index (χ4v) is 2.89. The molecule has 4 nitrogen and oxygen atoms in total. The number of aromatic nitrogens is 1. The van der Waals surface area contributed by atoms with Gasteiger partial charge in [-0.15, -0.1) is 0 Å². The van der Waals surface area contributed by atoms with E-state index in [1.807, 2.05) is 12.1 Å². The molecule has 1 N–H and O–H groups in total. The molecule has 0 bridgehead atoms. The van der Waals surface area contributed by atoms with E-state index in [0.29, 0.717) is 19.8 Å². The summed E-state index contributed by atoms with van der Waals surface area (Å²) in [4.78, 5) is 4.49. The van der Waals surface area contributed by atoms with Crippen LogP contribution in [-0.4, -0.2) is 38.5 Å². The number of fused-ring (bicyclic) bond motifs is 1. The van der Waals surface area contributed by atoms with Crippen molar-refractivity contribution in [2.24, 2.45) is 0 Å². The van der Waals surface area contributed by atoms with Crippen LogP contribution >= 0.6 is 27.3 Å². The monoisotopic (exact) mass is 330 g/mol. The maximum Gasteiger partial charge on any atom is 0.183 e. The fourth-order valence-electron chi connectivity index (χ4n) is 1.45. The number of nitrogens with one attached hydrogen (secondary N) is 1. The van der Waals surface area contributed by atoms with Crippen LogP contribution in [0.25, 0.3) is 10.2 Å². The van der Waals surface area contributed by atoms with Gasteiger partial charge in [0.2, 0.25) is 0 Å². The van der Waals surface area contributed by atoms with Crippen molar-refractivity contribution in [3.63, 3.8) is 0 Å². The Morgan fingerprint density at radius 2 is 2.22 bits per heavy atom. The van der Waals surface area contributed by atoms with Crippen LogP contribution in [0.15, 0.2) is 22.7 Å². The van der Waals surface area contributed by atoms with Crippen molar-refractivity contribution in [2.45, 2.75) is 0 Å². The minimum absolute atomic E-state index is 0.630. The average molecular weight is 331 g/mol. The van der Waals surface area contributed by atoms with Gasteiger partial charge < -0.3 is 14.8 Å². The van der Waals surface area contributed by atoms with Crippen molar-refractivity contribution in [1.82, 2.24) is 4.98 Å². The molecule has 1 heterocycles. The van der Waals surface area contributed by atoms with Crippen LogP contribution in [0.4, 0.5) is 5.13 Å². The highest BCUT2D eigenvalue weighted by molar-refractivity contribution is 9.10. The molecule has 0 fully saturated rings. The van der Waals surface area contributed by atoms with Gasteiger partial charge >= 0.3 is 0 Å². The third kappa shape index (κ3) is 3.91. The Morgan fingerprint density at radius 3 is 3.06 bits per heavy atom. The predicted molar refractivity (Wildman–Crippen MR) is 78.5 cm³/mol. The summed E-state index contributed by atoms with van der Waals surface area (Å²) in [7, 11) is 1.67. The van der Waals surface area contributed by atoms with Crippen molar-refractivity contribution in [3.8, 4) is 0 Å². The second kappa shape index (κ2) is 7.04. The summed E-state index contributed by atoms with van der Waals surface area (Å²) in [5.41, 5.74) is 1.02. The zero-order chi connectivity index (χ0) is 12.8. The number of nitrogens with zero attached hydrogens (tertiary/aromatic N) is 1. The SMILES string of the molecule is COCCOCCNc1nc2ccc(Br)cc2s1. The largest absolute Gasteiger partial charge is 0.382 e. The van der Waals surface area contributed by atoms with Gasteiger partial charge in [-0.05, 0) is 18.2 Å². The fraction of sp³-hybridized carbons (Fsp3) is 0.417. The highest BCUT2D eigenvalue weighted by Crippen LogP contribution is 2.28. The first-order valence-electron chi connectivity index (χ1n) is 5.66. The van der Waals surface area contributed by atoms with E-state index in [1.54, 1.807) is 18.4 Å². The van der Waals surface area contributed by atoms with E-state index in [1.165, 1.54) is 4.70 Å². The maximum absolute atomic E-state index is 5.37. The molecule has 0 saturated heterocycles. The van der Waals surface area contributed by atoms with Gasteiger partial charge in [0.25, 0.3) is 0 Å². The second-order valence-electron chi connectivity index (χ2n) is 3.66. The standard InChI is InChI=1S/C12H15BrN2O2S/c1-16-6-7-17-5-4-14-12-15-10-3-2-9(13)8-11(10)18-12/h2-3,8H,4-7H2,1H3,(H,14,15). The summed E-state index contributed by atoms with van der Waals surface area (Å²) in [5, 5.41) is 4.19. The van der Waals surface area contributed by atoms with Crippen LogP contribution in [0, 0.1) is 0 Å². The van der Waals surface area contributed by atoms with Gasteiger partial charge in [-0.2, -0.15) is 0 Å². The first-order valence-corrected chi connectivity index (χ1v) is 7.27. The summed E-state index contributed by atoms with van der Waals surface area (Å²) < 4.78 is 12.5. The predicted octanol–water partition coefficient (Wildman–Crippen LogP) is 3.13. The van der Waals surface area contributed by atoms with E-state index in [9.17, 15) is 0 Å². The molecule has 0 atom stereocenters. The van der Waals surface area contributed by atoms with Crippen LogP contribution in [0.3, 0.4) is 0 Å². The van der Waals surface area contributed by atoms with Gasteiger partial charge in [0.15, 0.2) is 5.13 Å². The van der Waals surface area contributed by atoms with E-state index in [0.717, 1.165) is 21.7 Å². The molecule has 2 rings (SSSR count). The number of thiazole rings is 1. The minimum atomic E-state index is 0.630. The Bertz CT molecular complexity index is 504. The Morgan fingerprint density at radius 1 is 1.33 bits per heavy atom. The summed E-state index contributed by atoms with van der Waals surface area (Å²) in [5.74, 6) is 0. The molecule has 98 valence electrons. The van der Waals surface area contributed by atoms with E-state index in [-0.39, 0.29) is 0 Å². The molecule has 0 saturated carbocycles. The highest BCUT2D eigenvalue weighted by atomic mass is 79.9. The number of ether oxygens (including phenoxy) is 2. The number of methoxy groups -OCH3 is 1. The number of hydrogen-bond acceptors (Lipinski definition) is 5. The molecule has 1 aromatic carbocycles. The Kier molecular flexibility index (Phi) is 5.37. The van der Waals surface area contributed by atoms with E-state index >= 15 is 0 Å². The summed E-state index contributed by atoms with van der Waals surface area (Å²) in [6.07, 6.45) is 0. The van der Waals surface area contributed by atoms with Crippen LogP contribution in [0.2, 0.25) is 0 Å². The van der Waals surface area contributed by atoms with Crippen molar-refractivity contribution in [1.29, 1.82) is 0 Å². The number of rotatable bonds is 7. The Hall–Kier alpha value is -0.690. The molecule has 2 aromatic rings. The van der Waals surface area contributed by atoms with Gasteiger partial charge in [0.1, 0.15) is 0 Å². The van der Waals surface area contributed by atoms with Crippen LogP contribution in [0.5, 0.6) is 0 Å². The van der Waals surface area contributed by atoms with Crippen molar-refractivity contribution in [3.05, 3.63) is 22.7 Å². The molecule has 0 radical (unpaired) electrons. The number of benzene rings is 1. The van der Waals surface area contributed by atoms with Crippen LogP contribution in [0.1, 0.15) is 0 Å². The summed E-state index contributed by atoms with van der Waals surface area (Å²) in [6, 6.07) is 6.09. The number of halogens is 1. The molecule has 0 aliphatic heterocycles. The average Bonchev–Trinajstić information content (AvgIpc) is 2.75. The lowest BCUT2D eigenvalue weighted by Crippen LogP contribution is -2.11. The Balaban J connectivity index is 1.81. The van der Waals surface area contributed by atoms with Gasteiger partial charge in [-0.1, -0.05) is 27.3 Å². The molecule has 0 amide bonds. The summed E-state index contributed by atoms with van der Waals surface area (Å²) >= 11 is 5.10. The zero-order valence-corrected chi connectivity index (χ0v) is 12.5. The Labute approximate surface area is 118 Å². The minimum Gasteiger partial charge on any atom is -0.382 e. The second-order valence-corrected chi connectivity index (χ2v) is 5.61. The third-order valence-electron chi connectivity index (χ3n) is 2.30. The molecule has 18 heavy (non-hydrogen) atoms. The van der Waals surface area contributed by atoms with Crippen molar-refractivity contribution in [2.75, 3.05) is 38.8 Å². The zero-order valence-electron chi connectivity index (χ0n) is 10.1. The summed E-state index contributed by atoms with van der Waals surface area (Å²) in [6.45, 7) is 2.67. The molecule has 0 spiro atoms. The topological polar surface area (TPSA) is 43.4 Å². The molecular formula is C12H15BrN2O2S. The van der Waals surface area contributed by atoms with Gasteiger partial charge in [0, 0.05) is 18.1 Å². The van der Waals surface area contributed by atoms with Crippen LogP contribution in [-0.2, 0) is 9.47 Å². The molecule has 0 aliphatic carbocycles. The molecule has 0 unspecified atom stereocenters. The number of hydrogen-bond donors (Lipinski definition) is 1. The first-order chi connectivity index (χ1) is 8.79. The molecular weight excluding hydrogens is 316 g/mol. The van der Waals surface area contributed by atoms with Crippen molar-refractivity contribution >= 4 is 42.6 Å². The number of anilines is 1. The molecule has 0 aliphatic rings.